The Morgan fingerprint density at radius 3 is 2.75 bits per heavy atom. The SMILES string of the molecule is C=Cc1nc2c(c(Br)c1C=C)CCCC2O. The molecule has 1 aliphatic rings. The van der Waals surface area contributed by atoms with Gasteiger partial charge in [0.15, 0.2) is 0 Å². The number of hydrogen-bond donors (Lipinski definition) is 1. The second kappa shape index (κ2) is 4.52. The number of aliphatic hydroxyl groups is 1. The fourth-order valence-electron chi connectivity index (χ4n) is 2.12. The van der Waals surface area contributed by atoms with Crippen molar-refractivity contribution in [2.75, 3.05) is 0 Å². The van der Waals surface area contributed by atoms with Gasteiger partial charge >= 0.3 is 0 Å². The molecule has 1 atom stereocenters. The molecule has 0 bridgehead atoms. The molecule has 0 saturated carbocycles. The average molecular weight is 280 g/mol. The van der Waals surface area contributed by atoms with Crippen LogP contribution in [0.15, 0.2) is 17.6 Å². The molecule has 1 aliphatic carbocycles. The summed E-state index contributed by atoms with van der Waals surface area (Å²) in [6.45, 7) is 7.53. The molecule has 0 fully saturated rings. The molecular formula is C13H14BrNO. The molecule has 84 valence electrons. The molecule has 0 amide bonds. The zero-order chi connectivity index (χ0) is 11.7. The molecule has 1 aromatic rings. The monoisotopic (exact) mass is 279 g/mol. The maximum absolute atomic E-state index is 9.93. The summed E-state index contributed by atoms with van der Waals surface area (Å²) in [7, 11) is 0. The van der Waals surface area contributed by atoms with Gasteiger partial charge in [-0.05, 0) is 46.8 Å². The van der Waals surface area contributed by atoms with E-state index in [1.807, 2.05) is 0 Å². The van der Waals surface area contributed by atoms with Crippen molar-refractivity contribution in [2.24, 2.45) is 0 Å². The molecule has 0 aliphatic heterocycles. The van der Waals surface area contributed by atoms with Gasteiger partial charge in [0.25, 0.3) is 0 Å². The third-order valence-electron chi connectivity index (χ3n) is 2.94. The molecule has 2 nitrogen and oxygen atoms in total. The van der Waals surface area contributed by atoms with Gasteiger partial charge in [0.2, 0.25) is 0 Å². The molecule has 1 aromatic heterocycles. The van der Waals surface area contributed by atoms with Crippen LogP contribution in [0.2, 0.25) is 0 Å². The Bertz CT molecular complexity index is 454. The first-order valence-electron chi connectivity index (χ1n) is 5.34. The Hall–Kier alpha value is -0.930. The summed E-state index contributed by atoms with van der Waals surface area (Å²) in [4.78, 5) is 4.48. The van der Waals surface area contributed by atoms with Crippen molar-refractivity contribution in [3.8, 4) is 0 Å². The van der Waals surface area contributed by atoms with Gasteiger partial charge in [-0.3, -0.25) is 0 Å². The van der Waals surface area contributed by atoms with Gasteiger partial charge in [0.05, 0.1) is 17.5 Å². The molecule has 16 heavy (non-hydrogen) atoms. The largest absolute Gasteiger partial charge is 0.387 e. The van der Waals surface area contributed by atoms with E-state index in [-0.39, 0.29) is 0 Å². The van der Waals surface area contributed by atoms with Crippen LogP contribution in [0, 0.1) is 0 Å². The van der Waals surface area contributed by atoms with Crippen molar-refractivity contribution in [3.05, 3.63) is 40.1 Å². The van der Waals surface area contributed by atoms with E-state index in [2.05, 4.69) is 34.1 Å². The summed E-state index contributed by atoms with van der Waals surface area (Å²) in [5, 5.41) is 9.93. The first kappa shape index (κ1) is 11.6. The van der Waals surface area contributed by atoms with E-state index in [0.717, 1.165) is 46.2 Å². The number of halogens is 1. The number of nitrogens with zero attached hydrogens (tertiary/aromatic N) is 1. The molecule has 3 heteroatoms. The topological polar surface area (TPSA) is 33.1 Å². The highest BCUT2D eigenvalue weighted by Gasteiger charge is 2.23. The molecule has 1 heterocycles. The summed E-state index contributed by atoms with van der Waals surface area (Å²) in [6.07, 6.45) is 5.77. The Labute approximate surface area is 104 Å². The summed E-state index contributed by atoms with van der Waals surface area (Å²) >= 11 is 3.58. The number of aliphatic hydroxyl groups excluding tert-OH is 1. The standard InChI is InChI=1S/C13H14BrNO/c1-3-8-10(4-2)15-13-9(12(8)14)6-5-7-11(13)16/h3-4,11,16H,1-2,5-7H2. The lowest BCUT2D eigenvalue weighted by atomic mass is 9.92. The first-order valence-corrected chi connectivity index (χ1v) is 6.13. The van der Waals surface area contributed by atoms with Crippen molar-refractivity contribution in [1.29, 1.82) is 0 Å². The predicted molar refractivity (Wildman–Crippen MR) is 70.0 cm³/mol. The number of fused-ring (bicyclic) bond motifs is 1. The van der Waals surface area contributed by atoms with Crippen LogP contribution in [-0.4, -0.2) is 10.1 Å². The second-order valence-electron chi connectivity index (χ2n) is 3.90. The zero-order valence-corrected chi connectivity index (χ0v) is 10.6. The van der Waals surface area contributed by atoms with Gasteiger partial charge in [0, 0.05) is 10.0 Å². The van der Waals surface area contributed by atoms with E-state index < -0.39 is 6.10 Å². The Kier molecular flexibility index (Phi) is 3.26. The Balaban J connectivity index is 2.70. The van der Waals surface area contributed by atoms with Crippen molar-refractivity contribution in [1.82, 2.24) is 4.98 Å². The highest BCUT2D eigenvalue weighted by molar-refractivity contribution is 9.10. The van der Waals surface area contributed by atoms with Crippen molar-refractivity contribution in [2.45, 2.75) is 25.4 Å². The normalized spacial score (nSPS) is 19.0. The summed E-state index contributed by atoms with van der Waals surface area (Å²) < 4.78 is 1.00. The van der Waals surface area contributed by atoms with E-state index in [1.165, 1.54) is 0 Å². The third-order valence-corrected chi connectivity index (χ3v) is 3.85. The zero-order valence-electron chi connectivity index (χ0n) is 9.04. The van der Waals surface area contributed by atoms with Gasteiger partial charge in [-0.25, -0.2) is 4.98 Å². The average Bonchev–Trinajstić information content (AvgIpc) is 2.30. The Morgan fingerprint density at radius 1 is 1.38 bits per heavy atom. The fourth-order valence-corrected chi connectivity index (χ4v) is 2.88. The summed E-state index contributed by atoms with van der Waals surface area (Å²) in [6, 6.07) is 0. The van der Waals surface area contributed by atoms with Crippen LogP contribution in [0.1, 0.15) is 41.5 Å². The molecule has 2 rings (SSSR count). The smallest absolute Gasteiger partial charge is 0.0963 e. The molecule has 1 N–H and O–H groups in total. The highest BCUT2D eigenvalue weighted by atomic mass is 79.9. The molecule has 0 saturated heterocycles. The predicted octanol–water partition coefficient (Wildman–Crippen LogP) is 3.50. The van der Waals surface area contributed by atoms with Gasteiger partial charge in [-0.2, -0.15) is 0 Å². The van der Waals surface area contributed by atoms with E-state index >= 15 is 0 Å². The first-order chi connectivity index (χ1) is 7.69. The van der Waals surface area contributed by atoms with Crippen molar-refractivity contribution < 1.29 is 5.11 Å². The lowest BCUT2D eigenvalue weighted by Crippen LogP contribution is -2.14. The van der Waals surface area contributed by atoms with Gasteiger partial charge < -0.3 is 5.11 Å². The number of rotatable bonds is 2. The molecule has 1 unspecified atom stereocenters. The maximum Gasteiger partial charge on any atom is 0.0963 e. The number of pyridine rings is 1. The maximum atomic E-state index is 9.93. The third kappa shape index (κ3) is 1.74. The molecule has 0 radical (unpaired) electrons. The molecule has 0 aromatic carbocycles. The second-order valence-corrected chi connectivity index (χ2v) is 4.70. The van der Waals surface area contributed by atoms with Crippen LogP contribution in [0.25, 0.3) is 12.2 Å². The molecular weight excluding hydrogens is 266 g/mol. The van der Waals surface area contributed by atoms with Crippen LogP contribution in [-0.2, 0) is 6.42 Å². The Morgan fingerprint density at radius 2 is 2.12 bits per heavy atom. The van der Waals surface area contributed by atoms with Gasteiger partial charge in [-0.1, -0.05) is 19.2 Å². The van der Waals surface area contributed by atoms with Crippen LogP contribution in [0.3, 0.4) is 0 Å². The number of hydrogen-bond acceptors (Lipinski definition) is 2. The van der Waals surface area contributed by atoms with Crippen molar-refractivity contribution in [3.63, 3.8) is 0 Å². The van der Waals surface area contributed by atoms with Gasteiger partial charge in [0.1, 0.15) is 0 Å². The molecule has 0 spiro atoms. The summed E-state index contributed by atoms with van der Waals surface area (Å²) in [5.41, 5.74) is 3.64. The van der Waals surface area contributed by atoms with Crippen LogP contribution < -0.4 is 0 Å². The van der Waals surface area contributed by atoms with E-state index in [4.69, 9.17) is 0 Å². The van der Waals surface area contributed by atoms with E-state index in [1.54, 1.807) is 12.2 Å². The van der Waals surface area contributed by atoms with Crippen LogP contribution in [0.5, 0.6) is 0 Å². The fraction of sp³-hybridized carbons (Fsp3) is 0.308. The minimum atomic E-state index is -0.447. The lowest BCUT2D eigenvalue weighted by Gasteiger charge is -2.23. The van der Waals surface area contributed by atoms with Crippen LogP contribution in [0.4, 0.5) is 0 Å². The summed E-state index contributed by atoms with van der Waals surface area (Å²) in [5.74, 6) is 0. The van der Waals surface area contributed by atoms with E-state index in [0.29, 0.717) is 0 Å². The lowest BCUT2D eigenvalue weighted by molar-refractivity contribution is 0.151. The quantitative estimate of drug-likeness (QED) is 0.899. The van der Waals surface area contributed by atoms with Crippen LogP contribution >= 0.6 is 15.9 Å². The number of aromatic nitrogens is 1. The minimum Gasteiger partial charge on any atom is -0.387 e. The highest BCUT2D eigenvalue weighted by Crippen LogP contribution is 2.36. The van der Waals surface area contributed by atoms with E-state index in [9.17, 15) is 5.11 Å². The van der Waals surface area contributed by atoms with Crippen molar-refractivity contribution >= 4 is 28.1 Å². The minimum absolute atomic E-state index is 0.447. The van der Waals surface area contributed by atoms with Gasteiger partial charge in [-0.15, -0.1) is 0 Å².